The van der Waals surface area contributed by atoms with E-state index in [9.17, 15) is 18.7 Å². The highest BCUT2D eigenvalue weighted by Crippen LogP contribution is 2.36. The van der Waals surface area contributed by atoms with Gasteiger partial charge in [-0.3, -0.25) is 4.90 Å². The lowest BCUT2D eigenvalue weighted by Crippen LogP contribution is -2.52. The van der Waals surface area contributed by atoms with Crippen LogP contribution < -0.4 is 0 Å². The number of carboxylic acid groups (broad SMARTS) is 1. The van der Waals surface area contributed by atoms with Crippen molar-refractivity contribution in [3.05, 3.63) is 57.6 Å². The Morgan fingerprint density at radius 3 is 2.59 bits per heavy atom. The van der Waals surface area contributed by atoms with E-state index in [4.69, 9.17) is 4.74 Å². The van der Waals surface area contributed by atoms with Crippen LogP contribution in [0, 0.1) is 11.6 Å². The van der Waals surface area contributed by atoms with Gasteiger partial charge >= 0.3 is 5.97 Å². The largest absolute Gasteiger partial charge is 0.478 e. The van der Waals surface area contributed by atoms with Crippen molar-refractivity contribution in [1.29, 1.82) is 0 Å². The van der Waals surface area contributed by atoms with Crippen LogP contribution >= 0.6 is 11.8 Å². The first-order chi connectivity index (χ1) is 12.9. The van der Waals surface area contributed by atoms with Gasteiger partial charge < -0.3 is 14.7 Å². The molecule has 2 aliphatic heterocycles. The number of benzene rings is 1. The van der Waals surface area contributed by atoms with Crippen molar-refractivity contribution < 1.29 is 23.4 Å². The van der Waals surface area contributed by atoms with E-state index in [1.807, 2.05) is 17.2 Å². The summed E-state index contributed by atoms with van der Waals surface area (Å²) in [6.45, 7) is 4.70. The molecule has 0 spiro atoms. The Balaban J connectivity index is 2.01. The third-order valence-electron chi connectivity index (χ3n) is 4.75. The molecule has 1 aromatic carbocycles. The first-order valence-corrected chi connectivity index (χ1v) is 9.87. The number of aliphatic carboxylic acids is 1. The predicted octanol–water partition coefficient (Wildman–Crippen LogP) is 3.04. The second-order valence-electron chi connectivity index (χ2n) is 6.48. The quantitative estimate of drug-likeness (QED) is 0.826. The number of hydrogen-bond acceptors (Lipinski definition) is 5. The SMILES string of the molecule is CSC1=C(C(=O)O)C(C)=CC(N2CCOCC2)N1Cc1ccc(F)c(F)c1. The molecule has 27 heavy (non-hydrogen) atoms. The molecule has 2 heterocycles. The fourth-order valence-corrected chi connectivity index (χ4v) is 4.31. The van der Waals surface area contributed by atoms with Gasteiger partial charge in [0.05, 0.1) is 23.8 Å². The molecule has 1 atom stereocenters. The van der Waals surface area contributed by atoms with Crippen LogP contribution in [0.1, 0.15) is 12.5 Å². The lowest BCUT2D eigenvalue weighted by molar-refractivity contribution is -0.132. The van der Waals surface area contributed by atoms with Crippen LogP contribution in [0.4, 0.5) is 8.78 Å². The molecule has 0 radical (unpaired) electrons. The minimum absolute atomic E-state index is 0.174. The minimum Gasteiger partial charge on any atom is -0.478 e. The Labute approximate surface area is 161 Å². The Hall–Kier alpha value is -1.90. The zero-order valence-electron chi connectivity index (χ0n) is 15.2. The highest BCUT2D eigenvalue weighted by molar-refractivity contribution is 8.02. The van der Waals surface area contributed by atoms with Crippen LogP contribution in [-0.4, -0.2) is 59.6 Å². The van der Waals surface area contributed by atoms with Gasteiger partial charge in [0.1, 0.15) is 6.17 Å². The number of thioether (sulfide) groups is 1. The molecule has 0 amide bonds. The summed E-state index contributed by atoms with van der Waals surface area (Å²) >= 11 is 1.35. The predicted molar refractivity (Wildman–Crippen MR) is 100 cm³/mol. The van der Waals surface area contributed by atoms with Gasteiger partial charge in [0.25, 0.3) is 0 Å². The van der Waals surface area contributed by atoms with E-state index >= 15 is 0 Å². The fraction of sp³-hybridized carbons (Fsp3) is 0.421. The molecule has 1 saturated heterocycles. The summed E-state index contributed by atoms with van der Waals surface area (Å²) in [5.41, 5.74) is 1.52. The average Bonchev–Trinajstić information content (AvgIpc) is 2.65. The maximum absolute atomic E-state index is 13.7. The van der Waals surface area contributed by atoms with Crippen molar-refractivity contribution in [2.45, 2.75) is 19.6 Å². The van der Waals surface area contributed by atoms with Crippen molar-refractivity contribution >= 4 is 17.7 Å². The van der Waals surface area contributed by atoms with Crippen LogP contribution in [0.5, 0.6) is 0 Å². The second kappa shape index (κ2) is 8.41. The van der Waals surface area contributed by atoms with Gasteiger partial charge in [-0.25, -0.2) is 13.6 Å². The van der Waals surface area contributed by atoms with Crippen LogP contribution in [-0.2, 0) is 16.1 Å². The Bertz CT molecular complexity index is 791. The molecule has 0 aromatic heterocycles. The first-order valence-electron chi connectivity index (χ1n) is 8.65. The molecular weight excluding hydrogens is 374 g/mol. The summed E-state index contributed by atoms with van der Waals surface area (Å²) in [4.78, 5) is 16.0. The van der Waals surface area contributed by atoms with E-state index in [2.05, 4.69) is 4.90 Å². The number of morpholine rings is 1. The molecule has 146 valence electrons. The molecule has 0 aliphatic carbocycles. The molecular formula is C19H22F2N2O3S. The van der Waals surface area contributed by atoms with E-state index in [1.54, 1.807) is 6.92 Å². The number of carboxylic acids is 1. The molecule has 5 nitrogen and oxygen atoms in total. The van der Waals surface area contributed by atoms with E-state index in [0.29, 0.717) is 42.5 Å². The molecule has 8 heteroatoms. The van der Waals surface area contributed by atoms with Gasteiger partial charge in [-0.15, -0.1) is 11.8 Å². The summed E-state index contributed by atoms with van der Waals surface area (Å²) in [6, 6.07) is 3.79. The zero-order valence-corrected chi connectivity index (χ0v) is 16.1. The molecule has 1 fully saturated rings. The van der Waals surface area contributed by atoms with Gasteiger partial charge in [-0.2, -0.15) is 0 Å². The van der Waals surface area contributed by atoms with Crippen LogP contribution in [0.15, 0.2) is 40.5 Å². The van der Waals surface area contributed by atoms with E-state index in [-0.39, 0.29) is 18.3 Å². The number of nitrogens with zero attached hydrogens (tertiary/aromatic N) is 2. The normalized spacial score (nSPS) is 21.4. The summed E-state index contributed by atoms with van der Waals surface area (Å²) in [6.07, 6.45) is 3.58. The standard InChI is InChI=1S/C19H22F2N2O3S/c1-12-9-16(22-5-7-26-8-6-22)23(18(27-2)17(12)19(24)25)11-13-3-4-14(20)15(21)10-13/h3-4,9-10,16H,5-8,11H2,1-2H3,(H,24,25). The van der Waals surface area contributed by atoms with Crippen molar-refractivity contribution in [1.82, 2.24) is 9.80 Å². The number of ether oxygens (including phenoxy) is 1. The van der Waals surface area contributed by atoms with Gasteiger partial charge in [0.15, 0.2) is 11.6 Å². The molecule has 1 N–H and O–H groups in total. The van der Waals surface area contributed by atoms with Crippen molar-refractivity contribution in [3.63, 3.8) is 0 Å². The van der Waals surface area contributed by atoms with Crippen LogP contribution in [0.2, 0.25) is 0 Å². The topological polar surface area (TPSA) is 53.0 Å². The third kappa shape index (κ3) is 4.17. The zero-order chi connectivity index (χ0) is 19.6. The lowest BCUT2D eigenvalue weighted by Gasteiger charge is -2.44. The number of halogens is 2. The minimum atomic E-state index is -0.996. The maximum atomic E-state index is 13.7. The molecule has 0 bridgehead atoms. The van der Waals surface area contributed by atoms with Crippen LogP contribution in [0.25, 0.3) is 0 Å². The van der Waals surface area contributed by atoms with E-state index in [0.717, 1.165) is 12.1 Å². The Kier molecular flexibility index (Phi) is 6.18. The van der Waals surface area contributed by atoms with Crippen molar-refractivity contribution in [3.8, 4) is 0 Å². The smallest absolute Gasteiger partial charge is 0.338 e. The number of carbonyl (C=O) groups is 1. The Morgan fingerprint density at radius 1 is 1.30 bits per heavy atom. The van der Waals surface area contributed by atoms with Gasteiger partial charge in [-0.1, -0.05) is 6.07 Å². The number of hydrogen-bond donors (Lipinski definition) is 1. The van der Waals surface area contributed by atoms with Gasteiger partial charge in [0.2, 0.25) is 0 Å². The number of rotatable bonds is 5. The summed E-state index contributed by atoms with van der Waals surface area (Å²) < 4.78 is 32.4. The molecule has 3 rings (SSSR count). The highest BCUT2D eigenvalue weighted by atomic mass is 32.2. The van der Waals surface area contributed by atoms with E-state index in [1.165, 1.54) is 17.8 Å². The molecule has 1 aromatic rings. The molecule has 2 aliphatic rings. The Morgan fingerprint density at radius 2 is 2.00 bits per heavy atom. The van der Waals surface area contributed by atoms with Crippen molar-refractivity contribution in [2.24, 2.45) is 0 Å². The third-order valence-corrected chi connectivity index (χ3v) is 5.58. The summed E-state index contributed by atoms with van der Waals surface area (Å²) in [7, 11) is 0. The van der Waals surface area contributed by atoms with Gasteiger partial charge in [-0.05, 0) is 42.5 Å². The fourth-order valence-electron chi connectivity index (χ4n) is 3.45. The highest BCUT2D eigenvalue weighted by Gasteiger charge is 2.34. The summed E-state index contributed by atoms with van der Waals surface area (Å²) in [5, 5.41) is 10.3. The average molecular weight is 396 g/mol. The van der Waals surface area contributed by atoms with Gasteiger partial charge in [0, 0.05) is 19.6 Å². The monoisotopic (exact) mass is 396 g/mol. The lowest BCUT2D eigenvalue weighted by atomic mass is 10.0. The molecule has 0 saturated carbocycles. The first kappa shape index (κ1) is 19.9. The van der Waals surface area contributed by atoms with E-state index < -0.39 is 17.6 Å². The maximum Gasteiger partial charge on any atom is 0.338 e. The molecule has 1 unspecified atom stereocenters. The second-order valence-corrected chi connectivity index (χ2v) is 7.27. The van der Waals surface area contributed by atoms with Crippen molar-refractivity contribution in [2.75, 3.05) is 32.6 Å². The van der Waals surface area contributed by atoms with Crippen LogP contribution in [0.3, 0.4) is 0 Å². The summed E-state index contributed by atoms with van der Waals surface area (Å²) in [5.74, 6) is -2.80.